The zero-order valence-corrected chi connectivity index (χ0v) is 12.1. The van der Waals surface area contributed by atoms with E-state index in [1.54, 1.807) is 12.1 Å². The summed E-state index contributed by atoms with van der Waals surface area (Å²) in [7, 11) is 1.64. The first-order chi connectivity index (χ1) is 10.8. The molecular formula is C17H15N3O2. The van der Waals surface area contributed by atoms with Crippen LogP contribution in [-0.4, -0.2) is 29.9 Å². The quantitative estimate of drug-likeness (QED) is 0.926. The third kappa shape index (κ3) is 1.94. The van der Waals surface area contributed by atoms with Crippen LogP contribution in [0.15, 0.2) is 53.6 Å². The van der Waals surface area contributed by atoms with Gasteiger partial charge in [-0.05, 0) is 42.0 Å². The normalized spacial score (nSPS) is 19.1. The van der Waals surface area contributed by atoms with Crippen molar-refractivity contribution in [3.05, 3.63) is 59.7 Å². The Kier molecular flexibility index (Phi) is 2.85. The van der Waals surface area contributed by atoms with Crippen LogP contribution in [-0.2, 0) is 0 Å². The lowest BCUT2D eigenvalue weighted by Gasteiger charge is -2.29. The fourth-order valence-corrected chi connectivity index (χ4v) is 2.87. The number of hydrogen-bond donors (Lipinski definition) is 1. The van der Waals surface area contributed by atoms with Crippen molar-refractivity contribution in [1.29, 1.82) is 0 Å². The Morgan fingerprint density at radius 3 is 2.73 bits per heavy atom. The third-order valence-corrected chi connectivity index (χ3v) is 4.02. The molecule has 22 heavy (non-hydrogen) atoms. The molecule has 0 spiro atoms. The Labute approximate surface area is 128 Å². The molecule has 0 saturated heterocycles. The first-order valence-electron chi connectivity index (χ1n) is 7.17. The molecule has 0 saturated carbocycles. The van der Waals surface area contributed by atoms with E-state index in [1.165, 1.54) is 0 Å². The van der Waals surface area contributed by atoms with Crippen LogP contribution in [0.2, 0.25) is 0 Å². The average molecular weight is 293 g/mol. The summed E-state index contributed by atoms with van der Waals surface area (Å²) < 4.78 is 5.17. The third-order valence-electron chi connectivity index (χ3n) is 4.02. The molecule has 1 unspecified atom stereocenters. The van der Waals surface area contributed by atoms with Gasteiger partial charge in [0.1, 0.15) is 11.9 Å². The lowest BCUT2D eigenvalue weighted by atomic mass is 10.0. The van der Waals surface area contributed by atoms with E-state index in [-0.39, 0.29) is 12.1 Å². The van der Waals surface area contributed by atoms with Crippen molar-refractivity contribution in [3.8, 4) is 5.75 Å². The molecule has 1 atom stereocenters. The van der Waals surface area contributed by atoms with Crippen molar-refractivity contribution < 1.29 is 9.53 Å². The van der Waals surface area contributed by atoms with Crippen molar-refractivity contribution in [2.45, 2.75) is 12.6 Å². The van der Waals surface area contributed by atoms with Gasteiger partial charge in [-0.1, -0.05) is 12.1 Å². The number of carbonyl (C=O) groups is 1. The lowest BCUT2D eigenvalue weighted by molar-refractivity contribution is 0.0718. The minimum atomic E-state index is -0.112. The molecule has 5 nitrogen and oxygen atoms in total. The maximum atomic E-state index is 12.5. The van der Waals surface area contributed by atoms with Crippen LogP contribution in [0.1, 0.15) is 22.3 Å². The SMILES string of the molecule is COc1ccc(C2=NN3C(=O)c4ccccc4NC3C2)cc1. The first-order valence-corrected chi connectivity index (χ1v) is 7.17. The highest BCUT2D eigenvalue weighted by molar-refractivity contribution is 6.08. The average Bonchev–Trinajstić information content (AvgIpc) is 2.99. The monoisotopic (exact) mass is 293 g/mol. The fourth-order valence-electron chi connectivity index (χ4n) is 2.87. The fraction of sp³-hybridized carbons (Fsp3) is 0.176. The van der Waals surface area contributed by atoms with Crippen LogP contribution in [0, 0.1) is 0 Å². The molecule has 0 aromatic heterocycles. The molecule has 2 aromatic rings. The number of ether oxygens (including phenoxy) is 1. The van der Waals surface area contributed by atoms with Crippen molar-refractivity contribution in [2.75, 3.05) is 12.4 Å². The Bertz CT molecular complexity index is 768. The number of nitrogens with zero attached hydrogens (tertiary/aromatic N) is 2. The van der Waals surface area contributed by atoms with Gasteiger partial charge >= 0.3 is 0 Å². The Morgan fingerprint density at radius 2 is 1.95 bits per heavy atom. The van der Waals surface area contributed by atoms with Gasteiger partial charge in [0.2, 0.25) is 0 Å². The number of fused-ring (bicyclic) bond motifs is 2. The number of nitrogens with one attached hydrogen (secondary N) is 1. The van der Waals surface area contributed by atoms with E-state index in [0.29, 0.717) is 12.0 Å². The predicted octanol–water partition coefficient (Wildman–Crippen LogP) is 2.70. The van der Waals surface area contributed by atoms with Gasteiger partial charge in [0.05, 0.1) is 18.4 Å². The summed E-state index contributed by atoms with van der Waals surface area (Å²) in [5.74, 6) is 0.754. The van der Waals surface area contributed by atoms with Crippen molar-refractivity contribution in [3.63, 3.8) is 0 Å². The summed E-state index contributed by atoms with van der Waals surface area (Å²) in [5.41, 5.74) is 3.45. The van der Waals surface area contributed by atoms with Crippen molar-refractivity contribution in [1.82, 2.24) is 5.01 Å². The molecule has 2 aliphatic rings. The van der Waals surface area contributed by atoms with E-state index in [0.717, 1.165) is 22.7 Å². The largest absolute Gasteiger partial charge is 0.497 e. The van der Waals surface area contributed by atoms with Crippen molar-refractivity contribution in [2.24, 2.45) is 5.10 Å². The predicted molar refractivity (Wildman–Crippen MR) is 84.2 cm³/mol. The van der Waals surface area contributed by atoms with E-state index in [2.05, 4.69) is 10.4 Å². The zero-order valence-electron chi connectivity index (χ0n) is 12.1. The Hall–Kier alpha value is -2.82. The van der Waals surface area contributed by atoms with E-state index in [9.17, 15) is 4.79 Å². The van der Waals surface area contributed by atoms with Crippen LogP contribution in [0.4, 0.5) is 5.69 Å². The molecular weight excluding hydrogens is 278 g/mol. The number of hydrogen-bond acceptors (Lipinski definition) is 4. The topological polar surface area (TPSA) is 53.9 Å². The Balaban J connectivity index is 1.65. The number of anilines is 1. The van der Waals surface area contributed by atoms with E-state index in [4.69, 9.17) is 4.74 Å². The number of amides is 1. The first kappa shape index (κ1) is 12.9. The van der Waals surface area contributed by atoms with Crippen molar-refractivity contribution >= 4 is 17.3 Å². The summed E-state index contributed by atoms with van der Waals surface area (Å²) in [6, 6.07) is 15.3. The molecule has 1 N–H and O–H groups in total. The molecule has 2 heterocycles. The highest BCUT2D eigenvalue weighted by atomic mass is 16.5. The van der Waals surface area contributed by atoms with Gasteiger partial charge < -0.3 is 10.1 Å². The van der Waals surface area contributed by atoms with Crippen LogP contribution in [0.5, 0.6) is 5.75 Å². The number of rotatable bonds is 2. The molecule has 0 aliphatic carbocycles. The number of methoxy groups -OCH3 is 1. The van der Waals surface area contributed by atoms with Gasteiger partial charge in [-0.2, -0.15) is 5.10 Å². The van der Waals surface area contributed by atoms with Gasteiger partial charge in [0, 0.05) is 12.1 Å². The summed E-state index contributed by atoms with van der Waals surface area (Å²) in [6.07, 6.45) is 0.575. The van der Waals surface area contributed by atoms with Crippen LogP contribution in [0.25, 0.3) is 0 Å². The summed E-state index contributed by atoms with van der Waals surface area (Å²) in [6.45, 7) is 0. The van der Waals surface area contributed by atoms with E-state index < -0.39 is 0 Å². The standard InChI is InChI=1S/C17H15N3O2/c1-22-12-8-6-11(7-9-12)15-10-16-18-14-5-3-2-4-13(14)17(21)20(16)19-15/h2-9,16,18H,10H2,1H3. The summed E-state index contributed by atoms with van der Waals surface area (Å²) in [5, 5.41) is 9.43. The second-order valence-corrected chi connectivity index (χ2v) is 5.33. The lowest BCUT2D eigenvalue weighted by Crippen LogP contribution is -2.42. The van der Waals surface area contributed by atoms with Gasteiger partial charge in [-0.15, -0.1) is 0 Å². The number of para-hydroxylation sites is 1. The van der Waals surface area contributed by atoms with E-state index in [1.807, 2.05) is 48.5 Å². The van der Waals surface area contributed by atoms with Gasteiger partial charge in [-0.25, -0.2) is 5.01 Å². The number of hydrazone groups is 1. The maximum absolute atomic E-state index is 12.5. The summed E-state index contributed by atoms with van der Waals surface area (Å²) in [4.78, 5) is 12.5. The second kappa shape index (κ2) is 4.87. The summed E-state index contributed by atoms with van der Waals surface area (Å²) >= 11 is 0. The molecule has 0 fully saturated rings. The second-order valence-electron chi connectivity index (χ2n) is 5.33. The van der Waals surface area contributed by atoms with E-state index >= 15 is 0 Å². The molecule has 0 radical (unpaired) electrons. The molecule has 2 aliphatic heterocycles. The zero-order chi connectivity index (χ0) is 15.1. The molecule has 2 aromatic carbocycles. The Morgan fingerprint density at radius 1 is 1.18 bits per heavy atom. The van der Waals surface area contributed by atoms with Crippen LogP contribution >= 0.6 is 0 Å². The minimum Gasteiger partial charge on any atom is -0.497 e. The maximum Gasteiger partial charge on any atom is 0.278 e. The molecule has 1 amide bonds. The van der Waals surface area contributed by atoms with Crippen LogP contribution in [0.3, 0.4) is 0 Å². The van der Waals surface area contributed by atoms with Crippen LogP contribution < -0.4 is 10.1 Å². The molecule has 4 rings (SSSR count). The van der Waals surface area contributed by atoms with Gasteiger partial charge in [0.25, 0.3) is 5.91 Å². The number of carbonyl (C=O) groups excluding carboxylic acids is 1. The minimum absolute atomic E-state index is 0.0529. The molecule has 110 valence electrons. The highest BCUT2D eigenvalue weighted by Gasteiger charge is 2.37. The molecule has 5 heteroatoms. The van der Waals surface area contributed by atoms with Gasteiger partial charge in [-0.3, -0.25) is 4.79 Å². The highest BCUT2D eigenvalue weighted by Crippen LogP contribution is 2.31. The number of benzene rings is 2. The smallest absolute Gasteiger partial charge is 0.278 e. The molecule has 0 bridgehead atoms. The van der Waals surface area contributed by atoms with Gasteiger partial charge in [0.15, 0.2) is 0 Å².